The lowest BCUT2D eigenvalue weighted by atomic mass is 9.93. The number of carbonyl (C=O) groups is 1. The Hall–Kier alpha value is -1.59. The van der Waals surface area contributed by atoms with E-state index >= 15 is 0 Å². The third-order valence-electron chi connectivity index (χ3n) is 3.39. The van der Waals surface area contributed by atoms with Crippen molar-refractivity contribution in [2.24, 2.45) is 0 Å². The summed E-state index contributed by atoms with van der Waals surface area (Å²) >= 11 is 11.5. The molecule has 20 heavy (non-hydrogen) atoms. The molecule has 2 aromatic heterocycles. The first kappa shape index (κ1) is 13.4. The average molecular weight is 311 g/mol. The van der Waals surface area contributed by atoms with Gasteiger partial charge in [-0.25, -0.2) is 9.97 Å². The Morgan fingerprint density at radius 3 is 2.80 bits per heavy atom. The van der Waals surface area contributed by atoms with Crippen LogP contribution in [0.15, 0.2) is 24.4 Å². The molecule has 1 fully saturated rings. The Labute approximate surface area is 125 Å². The summed E-state index contributed by atoms with van der Waals surface area (Å²) in [6.45, 7) is 0. The molecule has 5 nitrogen and oxygen atoms in total. The van der Waals surface area contributed by atoms with Crippen LogP contribution in [0, 0.1) is 0 Å². The fourth-order valence-corrected chi connectivity index (χ4v) is 2.61. The van der Waals surface area contributed by atoms with Gasteiger partial charge in [0.1, 0.15) is 16.7 Å². The number of nitrogens with zero attached hydrogens (tertiary/aromatic N) is 3. The van der Waals surface area contributed by atoms with Crippen molar-refractivity contribution in [1.82, 2.24) is 14.5 Å². The van der Waals surface area contributed by atoms with E-state index in [1.165, 1.54) is 12.5 Å². The highest BCUT2D eigenvalue weighted by Crippen LogP contribution is 2.32. The van der Waals surface area contributed by atoms with E-state index in [4.69, 9.17) is 23.2 Å². The summed E-state index contributed by atoms with van der Waals surface area (Å²) in [6, 6.07) is 5.54. The third kappa shape index (κ3) is 2.64. The van der Waals surface area contributed by atoms with Crippen molar-refractivity contribution < 1.29 is 4.79 Å². The van der Waals surface area contributed by atoms with Gasteiger partial charge in [0, 0.05) is 18.3 Å². The van der Waals surface area contributed by atoms with Gasteiger partial charge < -0.3 is 9.88 Å². The first-order chi connectivity index (χ1) is 9.63. The minimum absolute atomic E-state index is 0.00201. The number of nitrogens with one attached hydrogen (secondary N) is 1. The van der Waals surface area contributed by atoms with Crippen molar-refractivity contribution in [3.8, 4) is 0 Å². The molecule has 1 N–H and O–H groups in total. The van der Waals surface area contributed by atoms with E-state index < -0.39 is 0 Å². The zero-order valence-electron chi connectivity index (χ0n) is 10.5. The second-order valence-electron chi connectivity index (χ2n) is 4.68. The summed E-state index contributed by atoms with van der Waals surface area (Å²) in [4.78, 5) is 19.9. The zero-order chi connectivity index (χ0) is 14.1. The predicted octanol–water partition coefficient (Wildman–Crippen LogP) is 3.56. The second kappa shape index (κ2) is 5.42. The van der Waals surface area contributed by atoms with E-state index in [0.717, 1.165) is 12.8 Å². The van der Waals surface area contributed by atoms with Crippen LogP contribution in [0.25, 0.3) is 0 Å². The minimum Gasteiger partial charge on any atom is -0.340 e. The molecule has 3 rings (SSSR count). The van der Waals surface area contributed by atoms with Crippen LogP contribution in [-0.2, 0) is 0 Å². The van der Waals surface area contributed by atoms with Crippen LogP contribution >= 0.6 is 23.2 Å². The molecular weight excluding hydrogens is 299 g/mol. The smallest absolute Gasteiger partial charge is 0.273 e. The fourth-order valence-electron chi connectivity index (χ4n) is 2.20. The van der Waals surface area contributed by atoms with Gasteiger partial charge >= 0.3 is 0 Å². The van der Waals surface area contributed by atoms with E-state index in [0.29, 0.717) is 17.6 Å². The normalized spacial score (nSPS) is 14.9. The van der Waals surface area contributed by atoms with E-state index in [2.05, 4.69) is 15.3 Å². The Morgan fingerprint density at radius 2 is 2.15 bits per heavy atom. The molecule has 0 atom stereocenters. The van der Waals surface area contributed by atoms with E-state index in [9.17, 15) is 4.79 Å². The predicted molar refractivity (Wildman–Crippen MR) is 77.3 cm³/mol. The highest BCUT2D eigenvalue weighted by atomic mass is 35.5. The Kier molecular flexibility index (Phi) is 3.63. The number of hydrogen-bond acceptors (Lipinski definition) is 3. The molecule has 1 aliphatic carbocycles. The van der Waals surface area contributed by atoms with Crippen LogP contribution in [0.4, 0.5) is 5.82 Å². The number of amides is 1. The van der Waals surface area contributed by atoms with Crippen LogP contribution < -0.4 is 5.32 Å². The van der Waals surface area contributed by atoms with Gasteiger partial charge in [0.05, 0.1) is 0 Å². The number of carbonyl (C=O) groups excluding carboxylic acids is 1. The van der Waals surface area contributed by atoms with Gasteiger partial charge in [0.2, 0.25) is 5.28 Å². The van der Waals surface area contributed by atoms with Gasteiger partial charge in [0.15, 0.2) is 0 Å². The van der Waals surface area contributed by atoms with Crippen LogP contribution in [0.1, 0.15) is 35.8 Å². The molecule has 1 aliphatic rings. The van der Waals surface area contributed by atoms with Gasteiger partial charge in [-0.15, -0.1) is 0 Å². The number of hydrogen-bond donors (Lipinski definition) is 1. The third-order valence-corrected chi connectivity index (χ3v) is 3.75. The lowest BCUT2D eigenvalue weighted by Gasteiger charge is -2.28. The van der Waals surface area contributed by atoms with Gasteiger partial charge in [-0.05, 0) is 43.0 Å². The molecule has 0 radical (unpaired) electrons. The summed E-state index contributed by atoms with van der Waals surface area (Å²) in [7, 11) is 0. The monoisotopic (exact) mass is 310 g/mol. The largest absolute Gasteiger partial charge is 0.340 e. The maximum atomic E-state index is 12.3. The average Bonchev–Trinajstić information content (AvgIpc) is 2.73. The summed E-state index contributed by atoms with van der Waals surface area (Å²) < 4.78 is 2.00. The number of rotatable bonds is 3. The molecule has 104 valence electrons. The van der Waals surface area contributed by atoms with Crippen LogP contribution in [0.5, 0.6) is 0 Å². The second-order valence-corrected chi connectivity index (χ2v) is 5.41. The van der Waals surface area contributed by atoms with E-state index in [-0.39, 0.29) is 16.3 Å². The van der Waals surface area contributed by atoms with Crippen LogP contribution in [0.2, 0.25) is 10.4 Å². The van der Waals surface area contributed by atoms with Crippen molar-refractivity contribution in [2.45, 2.75) is 25.3 Å². The van der Waals surface area contributed by atoms with Crippen molar-refractivity contribution >= 4 is 34.9 Å². The van der Waals surface area contributed by atoms with Crippen LogP contribution in [-0.4, -0.2) is 20.4 Å². The molecule has 0 bridgehead atoms. The summed E-state index contributed by atoms with van der Waals surface area (Å²) in [5.74, 6) is 0.0640. The topological polar surface area (TPSA) is 59.8 Å². The molecule has 0 unspecified atom stereocenters. The number of halogens is 2. The molecule has 2 aromatic rings. The minimum atomic E-state index is -0.229. The molecule has 1 amide bonds. The molecule has 7 heteroatoms. The molecule has 0 spiro atoms. The Balaban J connectivity index is 1.80. The summed E-state index contributed by atoms with van der Waals surface area (Å²) in [5.41, 5.74) is 0.612. The number of aromatic nitrogens is 3. The molecular formula is C13H12Cl2N4O. The molecule has 0 aromatic carbocycles. The highest BCUT2D eigenvalue weighted by Gasteiger charge is 2.23. The molecule has 1 saturated carbocycles. The molecule has 0 aliphatic heterocycles. The van der Waals surface area contributed by atoms with Crippen molar-refractivity contribution in [3.05, 3.63) is 40.5 Å². The lowest BCUT2D eigenvalue weighted by molar-refractivity contribution is 0.101. The van der Waals surface area contributed by atoms with E-state index in [1.54, 1.807) is 6.07 Å². The zero-order valence-corrected chi connectivity index (χ0v) is 12.0. The van der Waals surface area contributed by atoms with Gasteiger partial charge in [-0.2, -0.15) is 0 Å². The van der Waals surface area contributed by atoms with Crippen molar-refractivity contribution in [1.29, 1.82) is 0 Å². The van der Waals surface area contributed by atoms with Gasteiger partial charge in [-0.1, -0.05) is 11.6 Å². The van der Waals surface area contributed by atoms with Gasteiger partial charge in [0.25, 0.3) is 5.91 Å². The first-order valence-corrected chi connectivity index (χ1v) is 7.07. The number of anilines is 1. The van der Waals surface area contributed by atoms with Gasteiger partial charge in [-0.3, -0.25) is 4.79 Å². The van der Waals surface area contributed by atoms with Crippen LogP contribution in [0.3, 0.4) is 0 Å². The van der Waals surface area contributed by atoms with Crippen molar-refractivity contribution in [3.63, 3.8) is 0 Å². The summed E-state index contributed by atoms with van der Waals surface area (Å²) in [6.07, 6.45) is 5.36. The molecule has 2 heterocycles. The quantitative estimate of drug-likeness (QED) is 0.696. The molecule has 0 saturated heterocycles. The maximum Gasteiger partial charge on any atom is 0.273 e. The Morgan fingerprint density at radius 1 is 1.35 bits per heavy atom. The first-order valence-electron chi connectivity index (χ1n) is 6.32. The highest BCUT2D eigenvalue weighted by molar-refractivity contribution is 6.32. The van der Waals surface area contributed by atoms with E-state index in [1.807, 2.05) is 16.8 Å². The maximum absolute atomic E-state index is 12.3. The Bertz CT molecular complexity index is 631. The summed E-state index contributed by atoms with van der Waals surface area (Å²) in [5, 5.41) is 2.88. The van der Waals surface area contributed by atoms with Crippen molar-refractivity contribution in [2.75, 3.05) is 5.32 Å². The standard InChI is InChI=1S/C13H12Cl2N4O/c14-10-7-11(18-13(15)16-10)17-12(20)9-5-2-6-19(9)8-3-1-4-8/h2,5-8H,1,3-4H2,(H,16,17,18,20). The fraction of sp³-hybridized carbons (Fsp3) is 0.308. The SMILES string of the molecule is O=C(Nc1cc(Cl)nc(Cl)n1)c1cccn1C1CCC1. The lowest BCUT2D eigenvalue weighted by Crippen LogP contribution is -2.23.